The van der Waals surface area contributed by atoms with Crippen LogP contribution in [0.3, 0.4) is 0 Å². The van der Waals surface area contributed by atoms with Gasteiger partial charge in [-0.2, -0.15) is 0 Å². The van der Waals surface area contributed by atoms with Gasteiger partial charge in [0.2, 0.25) is 5.88 Å². The van der Waals surface area contributed by atoms with E-state index in [1.807, 2.05) is 48.9 Å². The zero-order valence-corrected chi connectivity index (χ0v) is 15.2. The third-order valence-electron chi connectivity index (χ3n) is 5.83. The van der Waals surface area contributed by atoms with Crippen LogP contribution in [0.5, 0.6) is 5.88 Å². The lowest BCUT2D eigenvalue weighted by Gasteiger charge is -2.50. The fourth-order valence-corrected chi connectivity index (χ4v) is 4.44. The molecule has 2 unspecified atom stereocenters. The molecule has 1 N–H and O–H groups in total. The van der Waals surface area contributed by atoms with Gasteiger partial charge in [0.1, 0.15) is 11.8 Å². The lowest BCUT2D eigenvalue weighted by atomic mass is 9.78. The molecule has 27 heavy (non-hydrogen) atoms. The number of fused-ring (bicyclic) bond motifs is 3. The smallest absolute Gasteiger partial charge is 0.233 e. The third-order valence-corrected chi connectivity index (χ3v) is 5.83. The molecule has 138 valence electrons. The molecule has 0 saturated carbocycles. The highest BCUT2D eigenvalue weighted by molar-refractivity contribution is 5.53. The van der Waals surface area contributed by atoms with Gasteiger partial charge in [-0.15, -0.1) is 10.2 Å². The number of piperidine rings is 3. The number of hydrogen-bond donors (Lipinski definition) is 1. The SMILES string of the molecule is c1cncc(CC2C(Oc3ccc(-c4ccc[nH]4)nn3)C3CCN2CC3)c1. The minimum absolute atomic E-state index is 0.151. The molecular weight excluding hydrogens is 338 g/mol. The number of aromatic nitrogens is 4. The number of H-pyrrole nitrogens is 1. The van der Waals surface area contributed by atoms with Crippen LogP contribution < -0.4 is 4.74 Å². The summed E-state index contributed by atoms with van der Waals surface area (Å²) in [7, 11) is 0. The Bertz CT molecular complexity index is 857. The van der Waals surface area contributed by atoms with Crippen molar-refractivity contribution in [2.24, 2.45) is 5.92 Å². The summed E-state index contributed by atoms with van der Waals surface area (Å²) < 4.78 is 6.40. The van der Waals surface area contributed by atoms with Gasteiger partial charge < -0.3 is 9.72 Å². The summed E-state index contributed by atoms with van der Waals surface area (Å²) in [6.45, 7) is 2.32. The first-order valence-corrected chi connectivity index (χ1v) is 9.64. The molecule has 6 heteroatoms. The standard InChI is InChI=1S/C21H23N5O/c1-3-15(14-22-9-1)13-19-21(16-7-11-26(19)12-8-16)27-20-6-5-18(24-25-20)17-4-2-10-23-17/h1-6,9-10,14,16,19,21,23H,7-8,11-13H2. The van der Waals surface area contributed by atoms with E-state index in [4.69, 9.17) is 4.74 Å². The molecular formula is C21H23N5O. The zero-order valence-electron chi connectivity index (χ0n) is 15.2. The molecule has 3 aromatic heterocycles. The van der Waals surface area contributed by atoms with E-state index < -0.39 is 0 Å². The Labute approximate surface area is 158 Å². The largest absolute Gasteiger partial charge is 0.471 e. The molecule has 0 radical (unpaired) electrons. The van der Waals surface area contributed by atoms with Crippen molar-refractivity contribution in [3.8, 4) is 17.3 Å². The molecule has 0 aliphatic carbocycles. The Hall–Kier alpha value is -2.73. The van der Waals surface area contributed by atoms with E-state index in [0.717, 1.165) is 30.9 Å². The Kier molecular flexibility index (Phi) is 4.33. The highest BCUT2D eigenvalue weighted by atomic mass is 16.5. The molecule has 2 bridgehead atoms. The zero-order chi connectivity index (χ0) is 18.1. The van der Waals surface area contributed by atoms with E-state index in [9.17, 15) is 0 Å². The maximum absolute atomic E-state index is 6.40. The van der Waals surface area contributed by atoms with Crippen LogP contribution in [0.4, 0.5) is 0 Å². The third kappa shape index (κ3) is 3.32. The summed E-state index contributed by atoms with van der Waals surface area (Å²) in [5.74, 6) is 1.20. The number of nitrogens with zero attached hydrogens (tertiary/aromatic N) is 4. The lowest BCUT2D eigenvalue weighted by Crippen LogP contribution is -2.60. The quantitative estimate of drug-likeness (QED) is 0.757. The van der Waals surface area contributed by atoms with Crippen LogP contribution in [0.2, 0.25) is 0 Å². The van der Waals surface area contributed by atoms with E-state index in [2.05, 4.69) is 31.1 Å². The monoisotopic (exact) mass is 361 g/mol. The number of ether oxygens (including phenoxy) is 1. The Balaban J connectivity index is 1.35. The van der Waals surface area contributed by atoms with Crippen LogP contribution in [0, 0.1) is 5.92 Å². The van der Waals surface area contributed by atoms with Crippen molar-refractivity contribution in [1.82, 2.24) is 25.1 Å². The van der Waals surface area contributed by atoms with Crippen molar-refractivity contribution in [3.05, 3.63) is 60.6 Å². The molecule has 3 aliphatic heterocycles. The Morgan fingerprint density at radius 1 is 1.07 bits per heavy atom. The summed E-state index contributed by atoms with van der Waals surface area (Å²) in [6.07, 6.45) is 9.18. The first-order valence-electron chi connectivity index (χ1n) is 9.64. The van der Waals surface area contributed by atoms with Crippen molar-refractivity contribution in [1.29, 1.82) is 0 Å². The first kappa shape index (κ1) is 16.4. The second-order valence-corrected chi connectivity index (χ2v) is 7.43. The molecule has 0 spiro atoms. The van der Waals surface area contributed by atoms with Crippen molar-refractivity contribution in [2.75, 3.05) is 13.1 Å². The first-order chi connectivity index (χ1) is 13.4. The Morgan fingerprint density at radius 2 is 2.00 bits per heavy atom. The fourth-order valence-electron chi connectivity index (χ4n) is 4.44. The second-order valence-electron chi connectivity index (χ2n) is 7.43. The normalized spacial score (nSPS) is 26.8. The molecule has 2 atom stereocenters. The van der Waals surface area contributed by atoms with Gasteiger partial charge in [-0.05, 0) is 68.1 Å². The van der Waals surface area contributed by atoms with Gasteiger partial charge in [0.15, 0.2) is 0 Å². The average Bonchev–Trinajstić information content (AvgIpc) is 3.27. The van der Waals surface area contributed by atoms with E-state index in [1.54, 1.807) is 0 Å². The molecule has 0 amide bonds. The van der Waals surface area contributed by atoms with Gasteiger partial charge in [0.05, 0.1) is 11.7 Å². The Morgan fingerprint density at radius 3 is 2.70 bits per heavy atom. The van der Waals surface area contributed by atoms with Gasteiger partial charge in [-0.3, -0.25) is 9.88 Å². The molecule has 3 aromatic rings. The van der Waals surface area contributed by atoms with E-state index in [-0.39, 0.29) is 6.10 Å². The van der Waals surface area contributed by atoms with Crippen molar-refractivity contribution >= 4 is 0 Å². The predicted octanol–water partition coefficient (Wildman–Crippen LogP) is 2.95. The molecule has 6 rings (SSSR count). The van der Waals surface area contributed by atoms with Crippen LogP contribution in [-0.2, 0) is 6.42 Å². The number of nitrogens with one attached hydrogen (secondary N) is 1. The topological polar surface area (TPSA) is 66.9 Å². The maximum atomic E-state index is 6.40. The van der Waals surface area contributed by atoms with Crippen LogP contribution in [-0.4, -0.2) is 50.3 Å². The molecule has 6 heterocycles. The fraction of sp³-hybridized carbons (Fsp3) is 0.381. The summed E-state index contributed by atoms with van der Waals surface area (Å²) >= 11 is 0. The molecule has 3 fully saturated rings. The van der Waals surface area contributed by atoms with Gasteiger partial charge in [0, 0.05) is 24.7 Å². The van der Waals surface area contributed by atoms with Crippen LogP contribution in [0.15, 0.2) is 55.0 Å². The van der Waals surface area contributed by atoms with Crippen LogP contribution in [0.1, 0.15) is 18.4 Å². The highest BCUT2D eigenvalue weighted by Crippen LogP contribution is 2.36. The van der Waals surface area contributed by atoms with Crippen LogP contribution in [0.25, 0.3) is 11.4 Å². The summed E-state index contributed by atoms with van der Waals surface area (Å²) in [4.78, 5) is 9.99. The number of rotatable bonds is 5. The van der Waals surface area contributed by atoms with Gasteiger partial charge in [0.25, 0.3) is 0 Å². The van der Waals surface area contributed by atoms with E-state index in [0.29, 0.717) is 17.8 Å². The second kappa shape index (κ2) is 7.12. The maximum Gasteiger partial charge on any atom is 0.233 e. The summed E-state index contributed by atoms with van der Waals surface area (Å²) in [5, 5.41) is 8.66. The minimum atomic E-state index is 0.151. The summed E-state index contributed by atoms with van der Waals surface area (Å²) in [5.41, 5.74) is 3.05. The van der Waals surface area contributed by atoms with Gasteiger partial charge >= 0.3 is 0 Å². The van der Waals surface area contributed by atoms with Crippen LogP contribution >= 0.6 is 0 Å². The number of hydrogen-bond acceptors (Lipinski definition) is 5. The minimum Gasteiger partial charge on any atom is -0.471 e. The summed E-state index contributed by atoms with van der Waals surface area (Å²) in [6, 6.07) is 12.4. The molecule has 0 aromatic carbocycles. The molecule has 3 saturated heterocycles. The highest BCUT2D eigenvalue weighted by Gasteiger charge is 2.43. The predicted molar refractivity (Wildman–Crippen MR) is 102 cm³/mol. The van der Waals surface area contributed by atoms with Gasteiger partial charge in [-0.1, -0.05) is 6.07 Å². The number of pyridine rings is 1. The van der Waals surface area contributed by atoms with Crippen molar-refractivity contribution < 1.29 is 4.74 Å². The van der Waals surface area contributed by atoms with Gasteiger partial charge in [-0.25, -0.2) is 0 Å². The van der Waals surface area contributed by atoms with E-state index >= 15 is 0 Å². The molecule has 3 aliphatic rings. The average molecular weight is 361 g/mol. The number of aromatic amines is 1. The van der Waals surface area contributed by atoms with Crippen molar-refractivity contribution in [3.63, 3.8) is 0 Å². The van der Waals surface area contributed by atoms with Crippen molar-refractivity contribution in [2.45, 2.75) is 31.4 Å². The van der Waals surface area contributed by atoms with E-state index in [1.165, 1.54) is 18.4 Å². The lowest BCUT2D eigenvalue weighted by molar-refractivity contribution is -0.0599. The molecule has 6 nitrogen and oxygen atoms in total.